The zero-order valence-electron chi connectivity index (χ0n) is 15.7. The standard InChI is InChI=1S/C22H26N2O3/c1-26-19-3-2-4-20(12-19)27-22-8-6-16(14-24-22)13-23-21(25)11-18-10-15-5-7-17(18)9-15/h2-4,6,8,12,14-15,17-18H,5,7,9-11,13H2,1H3,(H,23,25). The second-order valence-corrected chi connectivity index (χ2v) is 7.70. The molecule has 0 saturated heterocycles. The minimum atomic E-state index is 0.157. The lowest BCUT2D eigenvalue weighted by atomic mass is 9.86. The van der Waals surface area contributed by atoms with Crippen LogP contribution in [0, 0.1) is 17.8 Å². The number of amides is 1. The highest BCUT2D eigenvalue weighted by Gasteiger charge is 2.39. The van der Waals surface area contributed by atoms with E-state index >= 15 is 0 Å². The highest BCUT2D eigenvalue weighted by Crippen LogP contribution is 2.49. The number of nitrogens with one attached hydrogen (secondary N) is 1. The van der Waals surface area contributed by atoms with Gasteiger partial charge in [0.2, 0.25) is 11.8 Å². The summed E-state index contributed by atoms with van der Waals surface area (Å²) in [6.45, 7) is 0.506. The van der Waals surface area contributed by atoms with Gasteiger partial charge >= 0.3 is 0 Å². The molecular weight excluding hydrogens is 340 g/mol. The van der Waals surface area contributed by atoms with Gasteiger partial charge in [0.05, 0.1) is 7.11 Å². The fourth-order valence-electron chi connectivity index (χ4n) is 4.50. The molecule has 0 radical (unpaired) electrons. The van der Waals surface area contributed by atoms with Crippen molar-refractivity contribution in [1.29, 1.82) is 0 Å². The van der Waals surface area contributed by atoms with E-state index in [0.717, 1.165) is 23.1 Å². The van der Waals surface area contributed by atoms with Crippen LogP contribution in [-0.2, 0) is 11.3 Å². The molecule has 1 aromatic carbocycles. The van der Waals surface area contributed by atoms with Gasteiger partial charge < -0.3 is 14.8 Å². The molecule has 27 heavy (non-hydrogen) atoms. The Morgan fingerprint density at radius 3 is 2.78 bits per heavy atom. The molecule has 1 heterocycles. The van der Waals surface area contributed by atoms with Gasteiger partial charge in [-0.2, -0.15) is 0 Å². The average Bonchev–Trinajstić information content (AvgIpc) is 3.31. The summed E-state index contributed by atoms with van der Waals surface area (Å²) in [4.78, 5) is 16.6. The predicted octanol–water partition coefficient (Wildman–Crippen LogP) is 4.33. The highest BCUT2D eigenvalue weighted by molar-refractivity contribution is 5.76. The second-order valence-electron chi connectivity index (χ2n) is 7.70. The summed E-state index contributed by atoms with van der Waals surface area (Å²) in [6.07, 6.45) is 7.70. The Morgan fingerprint density at radius 2 is 2.07 bits per heavy atom. The summed E-state index contributed by atoms with van der Waals surface area (Å²) < 4.78 is 10.9. The summed E-state index contributed by atoms with van der Waals surface area (Å²) in [7, 11) is 1.62. The predicted molar refractivity (Wildman–Crippen MR) is 103 cm³/mol. The molecule has 4 rings (SSSR count). The normalized spacial score (nSPS) is 23.2. The van der Waals surface area contributed by atoms with Crippen LogP contribution in [0.1, 0.15) is 37.7 Å². The van der Waals surface area contributed by atoms with Crippen LogP contribution in [0.25, 0.3) is 0 Å². The molecule has 3 unspecified atom stereocenters. The van der Waals surface area contributed by atoms with Crippen LogP contribution < -0.4 is 14.8 Å². The second kappa shape index (κ2) is 7.99. The van der Waals surface area contributed by atoms with Gasteiger partial charge in [-0.25, -0.2) is 4.98 Å². The number of nitrogens with zero attached hydrogens (tertiary/aromatic N) is 1. The number of hydrogen-bond acceptors (Lipinski definition) is 4. The molecule has 1 amide bonds. The number of benzene rings is 1. The number of ether oxygens (including phenoxy) is 2. The SMILES string of the molecule is COc1cccc(Oc2ccc(CNC(=O)CC3CC4CCC3C4)cn2)c1. The molecule has 2 aliphatic rings. The van der Waals surface area contributed by atoms with Crippen molar-refractivity contribution in [1.82, 2.24) is 10.3 Å². The van der Waals surface area contributed by atoms with Gasteiger partial charge in [0.25, 0.3) is 0 Å². The lowest BCUT2D eigenvalue weighted by Crippen LogP contribution is -2.26. The van der Waals surface area contributed by atoms with Crippen molar-refractivity contribution in [3.8, 4) is 17.4 Å². The fraction of sp³-hybridized carbons (Fsp3) is 0.455. The van der Waals surface area contributed by atoms with E-state index in [1.54, 1.807) is 13.3 Å². The van der Waals surface area contributed by atoms with E-state index in [1.807, 2.05) is 36.4 Å². The maximum atomic E-state index is 12.2. The third-order valence-electron chi connectivity index (χ3n) is 5.88. The number of rotatable bonds is 7. The first kappa shape index (κ1) is 17.8. The van der Waals surface area contributed by atoms with E-state index in [-0.39, 0.29) is 5.91 Å². The maximum absolute atomic E-state index is 12.2. The molecule has 2 aromatic rings. The van der Waals surface area contributed by atoms with E-state index < -0.39 is 0 Å². The number of carbonyl (C=O) groups excluding carboxylic acids is 1. The number of hydrogen-bond donors (Lipinski definition) is 1. The molecule has 2 aliphatic carbocycles. The van der Waals surface area contributed by atoms with Crippen molar-refractivity contribution in [3.05, 3.63) is 48.2 Å². The van der Waals surface area contributed by atoms with Gasteiger partial charge in [0.15, 0.2) is 0 Å². The quantitative estimate of drug-likeness (QED) is 0.792. The molecule has 5 heteroatoms. The fourth-order valence-corrected chi connectivity index (χ4v) is 4.50. The van der Waals surface area contributed by atoms with Gasteiger partial charge in [0, 0.05) is 31.3 Å². The van der Waals surface area contributed by atoms with Crippen molar-refractivity contribution in [2.45, 2.75) is 38.6 Å². The van der Waals surface area contributed by atoms with Crippen LogP contribution in [0.4, 0.5) is 0 Å². The molecule has 2 saturated carbocycles. The van der Waals surface area contributed by atoms with E-state index in [1.165, 1.54) is 25.7 Å². The zero-order valence-corrected chi connectivity index (χ0v) is 15.7. The monoisotopic (exact) mass is 366 g/mol. The Labute approximate surface area is 160 Å². The van der Waals surface area contributed by atoms with E-state index in [2.05, 4.69) is 10.3 Å². The first-order valence-electron chi connectivity index (χ1n) is 9.73. The molecule has 5 nitrogen and oxygen atoms in total. The number of fused-ring (bicyclic) bond motifs is 2. The zero-order chi connectivity index (χ0) is 18.6. The molecule has 0 spiro atoms. The summed E-state index contributed by atoms with van der Waals surface area (Å²) in [5.74, 6) is 4.35. The van der Waals surface area contributed by atoms with Gasteiger partial charge in [-0.1, -0.05) is 18.6 Å². The molecule has 2 bridgehead atoms. The Hall–Kier alpha value is -2.56. The third-order valence-corrected chi connectivity index (χ3v) is 5.88. The molecule has 1 N–H and O–H groups in total. The average molecular weight is 366 g/mol. The summed E-state index contributed by atoms with van der Waals surface area (Å²) in [6, 6.07) is 11.1. The Morgan fingerprint density at radius 1 is 1.19 bits per heavy atom. The number of methoxy groups -OCH3 is 1. The van der Waals surface area contributed by atoms with E-state index in [0.29, 0.717) is 30.5 Å². The van der Waals surface area contributed by atoms with E-state index in [9.17, 15) is 4.79 Å². The number of aromatic nitrogens is 1. The minimum absolute atomic E-state index is 0.157. The summed E-state index contributed by atoms with van der Waals surface area (Å²) >= 11 is 0. The first-order valence-corrected chi connectivity index (χ1v) is 9.73. The van der Waals surface area contributed by atoms with Crippen LogP contribution in [0.3, 0.4) is 0 Å². The van der Waals surface area contributed by atoms with Gasteiger partial charge in [-0.15, -0.1) is 0 Å². The van der Waals surface area contributed by atoms with Crippen molar-refractivity contribution in [3.63, 3.8) is 0 Å². The van der Waals surface area contributed by atoms with Crippen molar-refractivity contribution >= 4 is 5.91 Å². The van der Waals surface area contributed by atoms with Crippen LogP contribution in [0.2, 0.25) is 0 Å². The smallest absolute Gasteiger partial charge is 0.220 e. The van der Waals surface area contributed by atoms with Crippen LogP contribution in [0.5, 0.6) is 17.4 Å². The molecule has 142 valence electrons. The minimum Gasteiger partial charge on any atom is -0.497 e. The van der Waals surface area contributed by atoms with Gasteiger partial charge in [0.1, 0.15) is 11.5 Å². The summed E-state index contributed by atoms with van der Waals surface area (Å²) in [5.41, 5.74) is 0.967. The van der Waals surface area contributed by atoms with Crippen molar-refractivity contribution in [2.24, 2.45) is 17.8 Å². The molecular formula is C22H26N2O3. The first-order chi connectivity index (χ1) is 13.2. The molecule has 2 fully saturated rings. The number of carbonyl (C=O) groups is 1. The van der Waals surface area contributed by atoms with Crippen LogP contribution >= 0.6 is 0 Å². The maximum Gasteiger partial charge on any atom is 0.220 e. The van der Waals surface area contributed by atoms with Crippen molar-refractivity contribution < 1.29 is 14.3 Å². The van der Waals surface area contributed by atoms with Crippen LogP contribution in [-0.4, -0.2) is 18.0 Å². The third kappa shape index (κ3) is 4.41. The lowest BCUT2D eigenvalue weighted by molar-refractivity contribution is -0.122. The summed E-state index contributed by atoms with van der Waals surface area (Å²) in [5, 5.41) is 3.03. The van der Waals surface area contributed by atoms with Crippen LogP contribution in [0.15, 0.2) is 42.6 Å². The van der Waals surface area contributed by atoms with Gasteiger partial charge in [-0.3, -0.25) is 4.79 Å². The largest absolute Gasteiger partial charge is 0.497 e. The number of pyridine rings is 1. The highest BCUT2D eigenvalue weighted by atomic mass is 16.5. The lowest BCUT2D eigenvalue weighted by Gasteiger charge is -2.20. The Kier molecular flexibility index (Phi) is 5.28. The Bertz CT molecular complexity index is 790. The molecule has 0 aliphatic heterocycles. The van der Waals surface area contributed by atoms with Crippen molar-refractivity contribution in [2.75, 3.05) is 7.11 Å². The topological polar surface area (TPSA) is 60.5 Å². The van der Waals surface area contributed by atoms with E-state index in [4.69, 9.17) is 9.47 Å². The molecule has 1 aromatic heterocycles. The molecule has 3 atom stereocenters. The Balaban J connectivity index is 1.25. The van der Waals surface area contributed by atoms with Gasteiger partial charge in [-0.05, 0) is 54.7 Å².